The third-order valence-electron chi connectivity index (χ3n) is 2.50. The van der Waals surface area contributed by atoms with E-state index in [-0.39, 0.29) is 12.5 Å². The van der Waals surface area contributed by atoms with Gasteiger partial charge in [0.25, 0.3) is 5.91 Å². The van der Waals surface area contributed by atoms with Crippen LogP contribution in [0, 0.1) is 11.8 Å². The Morgan fingerprint density at radius 3 is 2.84 bits per heavy atom. The SMILES string of the molecule is NCC#Cc1ccccc1C(=O)NCc1ccco1. The minimum absolute atomic E-state index is 0.182. The molecule has 0 bridgehead atoms. The molecule has 0 unspecified atom stereocenters. The minimum atomic E-state index is -0.182. The lowest BCUT2D eigenvalue weighted by Crippen LogP contribution is -2.23. The molecule has 3 N–H and O–H groups in total. The number of hydrogen-bond acceptors (Lipinski definition) is 3. The van der Waals surface area contributed by atoms with Crippen molar-refractivity contribution in [2.75, 3.05) is 6.54 Å². The van der Waals surface area contributed by atoms with Crippen LogP contribution in [-0.4, -0.2) is 12.5 Å². The van der Waals surface area contributed by atoms with Crippen LogP contribution in [0.3, 0.4) is 0 Å². The summed E-state index contributed by atoms with van der Waals surface area (Å²) in [4.78, 5) is 12.1. The number of amides is 1. The van der Waals surface area contributed by atoms with Crippen molar-refractivity contribution in [1.29, 1.82) is 0 Å². The van der Waals surface area contributed by atoms with Gasteiger partial charge in [-0.15, -0.1) is 0 Å². The van der Waals surface area contributed by atoms with Crippen molar-refractivity contribution in [3.8, 4) is 11.8 Å². The van der Waals surface area contributed by atoms with Crippen molar-refractivity contribution in [2.24, 2.45) is 5.73 Å². The summed E-state index contributed by atoms with van der Waals surface area (Å²) in [7, 11) is 0. The maximum absolute atomic E-state index is 12.1. The molecule has 0 fully saturated rings. The lowest BCUT2D eigenvalue weighted by Gasteiger charge is -2.05. The molecule has 0 radical (unpaired) electrons. The van der Waals surface area contributed by atoms with E-state index in [1.807, 2.05) is 6.07 Å². The molecule has 0 saturated heterocycles. The van der Waals surface area contributed by atoms with Gasteiger partial charge in [-0.1, -0.05) is 24.0 Å². The maximum atomic E-state index is 12.1. The average Bonchev–Trinajstić information content (AvgIpc) is 2.96. The van der Waals surface area contributed by atoms with Gasteiger partial charge < -0.3 is 15.5 Å². The highest BCUT2D eigenvalue weighted by Crippen LogP contribution is 2.08. The van der Waals surface area contributed by atoms with Crippen molar-refractivity contribution in [1.82, 2.24) is 5.32 Å². The smallest absolute Gasteiger partial charge is 0.252 e. The van der Waals surface area contributed by atoms with E-state index in [9.17, 15) is 4.79 Å². The zero-order chi connectivity index (χ0) is 13.5. The second-order valence-corrected chi connectivity index (χ2v) is 3.81. The summed E-state index contributed by atoms with van der Waals surface area (Å²) in [5.41, 5.74) is 6.55. The number of furan rings is 1. The van der Waals surface area contributed by atoms with Crippen LogP contribution in [0.15, 0.2) is 47.1 Å². The number of nitrogens with two attached hydrogens (primary N) is 1. The molecule has 4 nitrogen and oxygen atoms in total. The van der Waals surface area contributed by atoms with Crippen LogP contribution in [0.1, 0.15) is 21.7 Å². The fourth-order valence-electron chi connectivity index (χ4n) is 1.61. The van der Waals surface area contributed by atoms with Crippen molar-refractivity contribution in [2.45, 2.75) is 6.54 Å². The standard InChI is InChI=1S/C15H14N2O2/c16-9-3-6-12-5-1-2-8-14(12)15(18)17-11-13-7-4-10-19-13/h1-2,4-5,7-8,10H,9,11,16H2,(H,17,18). The first-order chi connectivity index (χ1) is 9.31. The van der Waals surface area contributed by atoms with Gasteiger partial charge in [0.1, 0.15) is 5.76 Å². The molecule has 2 aromatic rings. The van der Waals surface area contributed by atoms with E-state index in [1.54, 1.807) is 36.6 Å². The van der Waals surface area contributed by atoms with Gasteiger partial charge in [0.15, 0.2) is 0 Å². The van der Waals surface area contributed by atoms with Gasteiger partial charge in [-0.05, 0) is 24.3 Å². The summed E-state index contributed by atoms with van der Waals surface area (Å²) < 4.78 is 5.16. The Balaban J connectivity index is 2.10. The molecule has 1 aromatic carbocycles. The normalized spacial score (nSPS) is 9.53. The summed E-state index contributed by atoms with van der Waals surface area (Å²) in [6.07, 6.45) is 1.57. The summed E-state index contributed by atoms with van der Waals surface area (Å²) in [6.45, 7) is 0.618. The minimum Gasteiger partial charge on any atom is -0.467 e. The van der Waals surface area contributed by atoms with Crippen molar-refractivity contribution >= 4 is 5.91 Å². The third-order valence-corrected chi connectivity index (χ3v) is 2.50. The average molecular weight is 254 g/mol. The zero-order valence-electron chi connectivity index (χ0n) is 10.3. The molecule has 0 aliphatic rings. The van der Waals surface area contributed by atoms with Gasteiger partial charge in [0.05, 0.1) is 24.9 Å². The first-order valence-electron chi connectivity index (χ1n) is 5.90. The molecule has 0 saturated carbocycles. The van der Waals surface area contributed by atoms with Crippen LogP contribution in [-0.2, 0) is 6.54 Å². The highest BCUT2D eigenvalue weighted by Gasteiger charge is 2.09. The van der Waals surface area contributed by atoms with Crippen LogP contribution in [0.2, 0.25) is 0 Å². The fraction of sp³-hybridized carbons (Fsp3) is 0.133. The Bertz CT molecular complexity index is 607. The summed E-state index contributed by atoms with van der Waals surface area (Å²) in [5, 5.41) is 2.79. The number of carbonyl (C=O) groups is 1. The highest BCUT2D eigenvalue weighted by molar-refractivity contribution is 5.96. The van der Waals surface area contributed by atoms with Gasteiger partial charge in [-0.25, -0.2) is 0 Å². The number of benzene rings is 1. The van der Waals surface area contributed by atoms with Crippen LogP contribution >= 0.6 is 0 Å². The van der Waals surface area contributed by atoms with Crippen LogP contribution in [0.5, 0.6) is 0 Å². The van der Waals surface area contributed by atoms with Gasteiger partial charge in [-0.3, -0.25) is 4.79 Å². The Morgan fingerprint density at radius 2 is 2.11 bits per heavy atom. The first-order valence-corrected chi connectivity index (χ1v) is 5.90. The molecule has 1 heterocycles. The zero-order valence-corrected chi connectivity index (χ0v) is 10.3. The van der Waals surface area contributed by atoms with Gasteiger partial charge >= 0.3 is 0 Å². The predicted octanol–water partition coefficient (Wildman–Crippen LogP) is 1.52. The Hall–Kier alpha value is -2.51. The number of hydrogen-bond donors (Lipinski definition) is 2. The highest BCUT2D eigenvalue weighted by atomic mass is 16.3. The van der Waals surface area contributed by atoms with E-state index >= 15 is 0 Å². The fourth-order valence-corrected chi connectivity index (χ4v) is 1.61. The molecule has 1 aromatic heterocycles. The maximum Gasteiger partial charge on any atom is 0.252 e. The monoisotopic (exact) mass is 254 g/mol. The third kappa shape index (κ3) is 3.47. The van der Waals surface area contributed by atoms with E-state index in [0.29, 0.717) is 23.4 Å². The molecule has 96 valence electrons. The molecule has 4 heteroatoms. The molecule has 0 spiro atoms. The van der Waals surface area contributed by atoms with Crippen LogP contribution < -0.4 is 11.1 Å². The molecule has 0 aliphatic carbocycles. The molecule has 19 heavy (non-hydrogen) atoms. The Labute approximate surface area is 111 Å². The van der Waals surface area contributed by atoms with Crippen LogP contribution in [0.25, 0.3) is 0 Å². The van der Waals surface area contributed by atoms with E-state index in [4.69, 9.17) is 10.2 Å². The molecule has 1 amide bonds. The van der Waals surface area contributed by atoms with Crippen molar-refractivity contribution in [3.63, 3.8) is 0 Å². The second kappa shape index (κ2) is 6.43. The Morgan fingerprint density at radius 1 is 1.26 bits per heavy atom. The van der Waals surface area contributed by atoms with Gasteiger partial charge in [0, 0.05) is 5.56 Å². The van der Waals surface area contributed by atoms with Crippen LogP contribution in [0.4, 0.5) is 0 Å². The summed E-state index contributed by atoms with van der Waals surface area (Å²) in [6, 6.07) is 10.8. The molecule has 0 aliphatic heterocycles. The van der Waals surface area contributed by atoms with E-state index in [0.717, 1.165) is 0 Å². The number of nitrogens with one attached hydrogen (secondary N) is 1. The van der Waals surface area contributed by atoms with E-state index in [2.05, 4.69) is 17.2 Å². The lowest BCUT2D eigenvalue weighted by atomic mass is 10.1. The molecule has 2 rings (SSSR count). The molecular weight excluding hydrogens is 240 g/mol. The predicted molar refractivity (Wildman–Crippen MR) is 72.3 cm³/mol. The topological polar surface area (TPSA) is 68.3 Å². The second-order valence-electron chi connectivity index (χ2n) is 3.81. The quantitative estimate of drug-likeness (QED) is 0.816. The van der Waals surface area contributed by atoms with Crippen molar-refractivity contribution < 1.29 is 9.21 Å². The largest absolute Gasteiger partial charge is 0.467 e. The van der Waals surface area contributed by atoms with E-state index in [1.165, 1.54) is 0 Å². The van der Waals surface area contributed by atoms with Crippen molar-refractivity contribution in [3.05, 3.63) is 59.5 Å². The molecular formula is C15H14N2O2. The Kier molecular flexibility index (Phi) is 4.38. The number of rotatable bonds is 3. The first kappa shape index (κ1) is 12.9. The number of carbonyl (C=O) groups excluding carboxylic acids is 1. The lowest BCUT2D eigenvalue weighted by molar-refractivity contribution is 0.0948. The van der Waals surface area contributed by atoms with E-state index < -0.39 is 0 Å². The van der Waals surface area contributed by atoms with Gasteiger partial charge in [-0.2, -0.15) is 0 Å². The summed E-state index contributed by atoms with van der Waals surface area (Å²) >= 11 is 0. The molecule has 0 atom stereocenters. The summed E-state index contributed by atoms with van der Waals surface area (Å²) in [5.74, 6) is 6.16. The van der Waals surface area contributed by atoms with Gasteiger partial charge in [0.2, 0.25) is 0 Å².